The summed E-state index contributed by atoms with van der Waals surface area (Å²) in [4.78, 5) is 15.9. The molecule has 1 N–H and O–H groups in total. The monoisotopic (exact) mass is 441 g/mol. The van der Waals surface area contributed by atoms with E-state index < -0.39 is 6.04 Å². The minimum atomic E-state index is -0.413. The Hall–Kier alpha value is -2.45. The summed E-state index contributed by atoms with van der Waals surface area (Å²) in [6.45, 7) is 4.32. The van der Waals surface area contributed by atoms with Gasteiger partial charge in [0.15, 0.2) is 0 Å². The smallest absolute Gasteiger partial charge is 0.240 e. The van der Waals surface area contributed by atoms with Gasteiger partial charge in [0.2, 0.25) is 5.91 Å². The number of piperidine rings is 1. The maximum absolute atomic E-state index is 13.2. The van der Waals surface area contributed by atoms with Gasteiger partial charge in [-0.3, -0.25) is 4.79 Å². The van der Waals surface area contributed by atoms with Crippen LogP contribution in [-0.2, 0) is 11.3 Å². The zero-order chi connectivity index (χ0) is 21.5. The number of rotatable bonds is 7. The van der Waals surface area contributed by atoms with Gasteiger partial charge in [-0.25, -0.2) is 4.72 Å². The molecule has 0 saturated carbocycles. The van der Waals surface area contributed by atoms with E-state index in [-0.39, 0.29) is 5.91 Å². The Morgan fingerprint density at radius 2 is 2.07 bits per heavy atom. The topological polar surface area (TPSA) is 84.8 Å². The third-order valence-corrected chi connectivity index (χ3v) is 6.77. The van der Waals surface area contributed by atoms with Crippen molar-refractivity contribution in [2.45, 2.75) is 43.7 Å². The number of nitrogens with one attached hydrogen (secondary N) is 1. The van der Waals surface area contributed by atoms with E-state index in [1.165, 1.54) is 11.9 Å². The second-order valence-corrected chi connectivity index (χ2v) is 8.81. The van der Waals surface area contributed by atoms with Crippen molar-refractivity contribution in [3.8, 4) is 12.1 Å². The van der Waals surface area contributed by atoms with E-state index in [1.807, 2.05) is 21.7 Å². The molecule has 1 unspecified atom stereocenters. The van der Waals surface area contributed by atoms with Crippen LogP contribution in [0.2, 0.25) is 5.02 Å². The third kappa shape index (κ3) is 5.58. The largest absolute Gasteiger partial charge is 0.341 e. The molecule has 1 fully saturated rings. The van der Waals surface area contributed by atoms with Gasteiger partial charge in [0, 0.05) is 30.7 Å². The molecule has 3 rings (SSSR count). The van der Waals surface area contributed by atoms with E-state index in [9.17, 15) is 10.1 Å². The Labute approximate surface area is 186 Å². The maximum Gasteiger partial charge on any atom is 0.240 e. The van der Waals surface area contributed by atoms with E-state index in [0.717, 1.165) is 30.8 Å². The molecule has 1 atom stereocenters. The van der Waals surface area contributed by atoms with Crippen LogP contribution < -0.4 is 4.72 Å². The van der Waals surface area contributed by atoms with Crippen LogP contribution in [0.1, 0.15) is 37.4 Å². The van der Waals surface area contributed by atoms with Gasteiger partial charge in [0.05, 0.1) is 22.7 Å². The Morgan fingerprint density at radius 3 is 2.73 bits per heavy atom. The molecule has 0 aliphatic carbocycles. The molecule has 1 amide bonds. The number of aryl methyl sites for hydroxylation is 1. The van der Waals surface area contributed by atoms with Crippen molar-refractivity contribution in [3.63, 3.8) is 0 Å². The first-order valence-electron chi connectivity index (χ1n) is 9.98. The summed E-state index contributed by atoms with van der Waals surface area (Å²) < 4.78 is 5.15. The molecule has 1 saturated heterocycles. The molecule has 0 spiro atoms. The molecule has 1 aliphatic heterocycles. The summed E-state index contributed by atoms with van der Waals surface area (Å²) in [5.74, 6) is 0.718. The van der Waals surface area contributed by atoms with Gasteiger partial charge in [-0.05, 0) is 67.5 Å². The molecule has 6 nitrogen and oxygen atoms in total. The highest BCUT2D eigenvalue weighted by molar-refractivity contribution is 7.97. The predicted molar refractivity (Wildman–Crippen MR) is 118 cm³/mol. The number of carbonyl (C=O) groups is 1. The maximum atomic E-state index is 13.2. The summed E-state index contributed by atoms with van der Waals surface area (Å²) in [7, 11) is 0. The number of nitriles is 2. The molecule has 30 heavy (non-hydrogen) atoms. The van der Waals surface area contributed by atoms with Gasteiger partial charge in [-0.2, -0.15) is 10.5 Å². The Bertz CT molecular complexity index is 969. The highest BCUT2D eigenvalue weighted by Gasteiger charge is 2.27. The van der Waals surface area contributed by atoms with Crippen LogP contribution in [0.5, 0.6) is 0 Å². The van der Waals surface area contributed by atoms with Gasteiger partial charge in [-0.15, -0.1) is 0 Å². The van der Waals surface area contributed by atoms with Crippen LogP contribution in [0.25, 0.3) is 0 Å². The number of halogens is 1. The number of amides is 1. The van der Waals surface area contributed by atoms with Gasteiger partial charge in [-0.1, -0.05) is 18.5 Å². The first-order valence-corrected chi connectivity index (χ1v) is 11.2. The van der Waals surface area contributed by atoms with Crippen molar-refractivity contribution >= 4 is 29.5 Å². The lowest BCUT2D eigenvalue weighted by Crippen LogP contribution is -2.47. The normalized spacial score (nSPS) is 15.4. The summed E-state index contributed by atoms with van der Waals surface area (Å²) in [5.41, 5.74) is 1.08. The minimum Gasteiger partial charge on any atom is -0.341 e. The highest BCUT2D eigenvalue weighted by atomic mass is 35.5. The predicted octanol–water partition coefficient (Wildman–Crippen LogP) is 4.20. The van der Waals surface area contributed by atoms with Crippen LogP contribution in [-0.4, -0.2) is 34.5 Å². The van der Waals surface area contributed by atoms with Crippen molar-refractivity contribution in [3.05, 3.63) is 52.8 Å². The molecule has 1 aliphatic rings. The van der Waals surface area contributed by atoms with Gasteiger partial charge in [0.25, 0.3) is 0 Å². The van der Waals surface area contributed by atoms with E-state index in [0.29, 0.717) is 35.2 Å². The molecule has 1 aromatic carbocycles. The fourth-order valence-electron chi connectivity index (χ4n) is 3.45. The quantitative estimate of drug-likeness (QED) is 0.651. The number of benzene rings is 1. The number of likely N-dealkylation sites (tertiary alicyclic amines) is 1. The molecule has 2 heterocycles. The second kappa shape index (κ2) is 10.5. The Balaban J connectivity index is 1.70. The lowest BCUT2D eigenvalue weighted by atomic mass is 9.98. The number of hydrogen-bond donors (Lipinski definition) is 1. The molecule has 156 valence electrons. The Kier molecular flexibility index (Phi) is 7.81. The van der Waals surface area contributed by atoms with Gasteiger partial charge >= 0.3 is 0 Å². The number of aromatic nitrogens is 1. The Morgan fingerprint density at radius 1 is 1.30 bits per heavy atom. The highest BCUT2D eigenvalue weighted by Crippen LogP contribution is 2.27. The van der Waals surface area contributed by atoms with Crippen molar-refractivity contribution < 1.29 is 4.79 Å². The van der Waals surface area contributed by atoms with E-state index in [1.54, 1.807) is 24.3 Å². The zero-order valence-electron chi connectivity index (χ0n) is 16.8. The molecule has 1 aromatic heterocycles. The van der Waals surface area contributed by atoms with Crippen LogP contribution in [0.15, 0.2) is 41.4 Å². The standard InChI is InChI=1S/C22H24ClN5OS/c1-16-6-10-28(11-7-16)22(29)20(8-12-27-9-2-3-18(27)15-25)26-30-21-5-4-17(14-24)13-19(21)23/h2-5,9,13,16,20,26H,6-8,10-12H2,1H3. The minimum absolute atomic E-state index is 0.0739. The SMILES string of the molecule is CC1CCN(C(=O)C(CCn2cccc2C#N)NSc2ccc(C#N)cc2Cl)CC1. The lowest BCUT2D eigenvalue weighted by Gasteiger charge is -2.33. The number of hydrogen-bond acceptors (Lipinski definition) is 5. The van der Waals surface area contributed by atoms with Crippen LogP contribution in [0.3, 0.4) is 0 Å². The first kappa shape index (κ1) is 22.2. The first-order chi connectivity index (χ1) is 14.5. The molecule has 8 heteroatoms. The van der Waals surface area contributed by atoms with Gasteiger partial charge in [0.1, 0.15) is 11.8 Å². The summed E-state index contributed by atoms with van der Waals surface area (Å²) >= 11 is 7.59. The second-order valence-electron chi connectivity index (χ2n) is 7.52. The van der Waals surface area contributed by atoms with Gasteiger partial charge < -0.3 is 9.47 Å². The summed E-state index contributed by atoms with van der Waals surface area (Å²) in [5, 5.41) is 18.7. The fourth-order valence-corrected chi connectivity index (χ4v) is 4.53. The average molecular weight is 442 g/mol. The molecule has 2 aromatic rings. The molecular weight excluding hydrogens is 418 g/mol. The zero-order valence-corrected chi connectivity index (χ0v) is 18.4. The van der Waals surface area contributed by atoms with Crippen molar-refractivity contribution in [1.29, 1.82) is 10.5 Å². The third-order valence-electron chi connectivity index (χ3n) is 5.37. The lowest BCUT2D eigenvalue weighted by molar-refractivity contribution is -0.134. The average Bonchev–Trinajstić information content (AvgIpc) is 3.22. The molecular formula is C22H24ClN5OS. The fraction of sp³-hybridized carbons (Fsp3) is 0.409. The number of carbonyl (C=O) groups excluding carboxylic acids is 1. The van der Waals surface area contributed by atoms with Crippen LogP contribution >= 0.6 is 23.5 Å². The van der Waals surface area contributed by atoms with E-state index >= 15 is 0 Å². The summed E-state index contributed by atoms with van der Waals surface area (Å²) in [6, 6.07) is 12.5. The van der Waals surface area contributed by atoms with E-state index in [4.69, 9.17) is 16.9 Å². The molecule has 0 bridgehead atoms. The number of nitrogens with zero attached hydrogens (tertiary/aromatic N) is 4. The van der Waals surface area contributed by atoms with Crippen LogP contribution in [0, 0.1) is 28.6 Å². The van der Waals surface area contributed by atoms with Crippen molar-refractivity contribution in [2.24, 2.45) is 5.92 Å². The van der Waals surface area contributed by atoms with Crippen molar-refractivity contribution in [1.82, 2.24) is 14.2 Å². The molecule has 0 radical (unpaired) electrons. The van der Waals surface area contributed by atoms with Crippen LogP contribution in [0.4, 0.5) is 0 Å². The summed E-state index contributed by atoms with van der Waals surface area (Å²) in [6.07, 6.45) is 4.44. The van der Waals surface area contributed by atoms with Crippen molar-refractivity contribution in [2.75, 3.05) is 13.1 Å². The van der Waals surface area contributed by atoms with E-state index in [2.05, 4.69) is 23.8 Å².